The van der Waals surface area contributed by atoms with E-state index in [9.17, 15) is 4.39 Å². The summed E-state index contributed by atoms with van der Waals surface area (Å²) in [6.07, 6.45) is 0. The van der Waals surface area contributed by atoms with Gasteiger partial charge >= 0.3 is 0 Å². The standard InChI is InChI=1S/C12H17ClFN3/c1-17-5-4-16-11(7-17)12(15)9-6-8(13)2-3-10(9)14/h2-3,6,11-12,16H,4-5,7,15H2,1H3. The van der Waals surface area contributed by atoms with Crippen LogP contribution in [0.25, 0.3) is 0 Å². The molecule has 3 nitrogen and oxygen atoms in total. The van der Waals surface area contributed by atoms with Gasteiger partial charge in [0.2, 0.25) is 0 Å². The van der Waals surface area contributed by atoms with Gasteiger partial charge in [-0.25, -0.2) is 4.39 Å². The molecule has 0 saturated carbocycles. The molecule has 2 unspecified atom stereocenters. The van der Waals surface area contributed by atoms with Gasteiger partial charge < -0.3 is 16.0 Å². The molecular formula is C12H17ClFN3. The Kier molecular flexibility index (Phi) is 3.99. The summed E-state index contributed by atoms with van der Waals surface area (Å²) in [6, 6.07) is 4.19. The van der Waals surface area contributed by atoms with Crippen LogP contribution in [-0.4, -0.2) is 37.6 Å². The molecule has 2 atom stereocenters. The number of nitrogens with one attached hydrogen (secondary N) is 1. The molecule has 1 aromatic carbocycles. The van der Waals surface area contributed by atoms with Gasteiger partial charge in [-0.05, 0) is 25.2 Å². The smallest absolute Gasteiger partial charge is 0.128 e. The van der Waals surface area contributed by atoms with E-state index in [-0.39, 0.29) is 17.9 Å². The normalized spacial score (nSPS) is 23.6. The van der Waals surface area contributed by atoms with E-state index in [1.54, 1.807) is 6.07 Å². The van der Waals surface area contributed by atoms with Gasteiger partial charge in [0.1, 0.15) is 5.82 Å². The van der Waals surface area contributed by atoms with Gasteiger partial charge in [-0.1, -0.05) is 11.6 Å². The van der Waals surface area contributed by atoms with Crippen LogP contribution in [0.5, 0.6) is 0 Å². The van der Waals surface area contributed by atoms with Crippen molar-refractivity contribution in [2.75, 3.05) is 26.7 Å². The molecule has 1 aromatic rings. The van der Waals surface area contributed by atoms with Gasteiger partial charge in [-0.3, -0.25) is 0 Å². The van der Waals surface area contributed by atoms with Gasteiger partial charge in [0, 0.05) is 42.3 Å². The molecule has 1 heterocycles. The molecule has 3 N–H and O–H groups in total. The predicted molar refractivity (Wildman–Crippen MR) is 67.6 cm³/mol. The number of hydrogen-bond acceptors (Lipinski definition) is 3. The zero-order chi connectivity index (χ0) is 12.4. The van der Waals surface area contributed by atoms with Crippen LogP contribution in [0.15, 0.2) is 18.2 Å². The molecule has 1 aliphatic heterocycles. The summed E-state index contributed by atoms with van der Waals surface area (Å²) in [6.45, 7) is 2.67. The van der Waals surface area contributed by atoms with E-state index in [0.29, 0.717) is 10.6 Å². The van der Waals surface area contributed by atoms with Crippen molar-refractivity contribution in [3.63, 3.8) is 0 Å². The summed E-state index contributed by atoms with van der Waals surface area (Å²) in [7, 11) is 2.04. The monoisotopic (exact) mass is 257 g/mol. The molecule has 0 amide bonds. The van der Waals surface area contributed by atoms with Crippen molar-refractivity contribution >= 4 is 11.6 Å². The molecule has 0 aliphatic carbocycles. The first-order chi connectivity index (χ1) is 8.08. The second kappa shape index (κ2) is 5.31. The lowest BCUT2D eigenvalue weighted by Gasteiger charge is -2.34. The van der Waals surface area contributed by atoms with Crippen molar-refractivity contribution in [1.82, 2.24) is 10.2 Å². The Morgan fingerprint density at radius 2 is 2.35 bits per heavy atom. The highest BCUT2D eigenvalue weighted by atomic mass is 35.5. The van der Waals surface area contributed by atoms with E-state index < -0.39 is 0 Å². The Morgan fingerprint density at radius 1 is 1.59 bits per heavy atom. The van der Waals surface area contributed by atoms with E-state index in [2.05, 4.69) is 10.2 Å². The van der Waals surface area contributed by atoms with Gasteiger partial charge in [0.25, 0.3) is 0 Å². The zero-order valence-electron chi connectivity index (χ0n) is 9.79. The van der Waals surface area contributed by atoms with Crippen molar-refractivity contribution in [3.05, 3.63) is 34.6 Å². The SMILES string of the molecule is CN1CCNC(C(N)c2cc(Cl)ccc2F)C1. The predicted octanol–water partition coefficient (Wildman–Crippen LogP) is 1.38. The fourth-order valence-corrected chi connectivity index (χ4v) is 2.34. The molecular weight excluding hydrogens is 241 g/mol. The van der Waals surface area contributed by atoms with Crippen molar-refractivity contribution in [2.24, 2.45) is 5.73 Å². The average Bonchev–Trinajstić information content (AvgIpc) is 2.31. The van der Waals surface area contributed by atoms with Gasteiger partial charge in [-0.2, -0.15) is 0 Å². The van der Waals surface area contributed by atoms with Gasteiger partial charge in [0.05, 0.1) is 0 Å². The lowest BCUT2D eigenvalue weighted by Crippen LogP contribution is -2.53. The minimum Gasteiger partial charge on any atom is -0.323 e. The number of halogens is 2. The number of hydrogen-bond donors (Lipinski definition) is 2. The van der Waals surface area contributed by atoms with Crippen LogP contribution < -0.4 is 11.1 Å². The number of nitrogens with zero attached hydrogens (tertiary/aromatic N) is 1. The molecule has 0 bridgehead atoms. The summed E-state index contributed by atoms with van der Waals surface area (Å²) in [4.78, 5) is 2.18. The van der Waals surface area contributed by atoms with E-state index in [4.69, 9.17) is 17.3 Å². The molecule has 1 saturated heterocycles. The van der Waals surface area contributed by atoms with E-state index >= 15 is 0 Å². The van der Waals surface area contributed by atoms with E-state index in [1.807, 2.05) is 7.05 Å². The summed E-state index contributed by atoms with van der Waals surface area (Å²) in [5.74, 6) is -0.295. The Labute approximate surface area is 106 Å². The lowest BCUT2D eigenvalue weighted by atomic mass is 9.98. The van der Waals surface area contributed by atoms with Crippen molar-refractivity contribution in [3.8, 4) is 0 Å². The second-order valence-corrected chi connectivity index (χ2v) is 4.95. The number of nitrogens with two attached hydrogens (primary N) is 1. The van der Waals surface area contributed by atoms with Crippen LogP contribution in [0, 0.1) is 5.82 Å². The number of piperazine rings is 1. The van der Waals surface area contributed by atoms with Crippen LogP contribution in [-0.2, 0) is 0 Å². The summed E-state index contributed by atoms with van der Waals surface area (Å²) in [5, 5.41) is 3.83. The Balaban J connectivity index is 2.18. The minimum absolute atomic E-state index is 0.0571. The molecule has 5 heteroatoms. The fourth-order valence-electron chi connectivity index (χ4n) is 2.16. The molecule has 1 fully saturated rings. The first kappa shape index (κ1) is 12.8. The molecule has 0 spiro atoms. The topological polar surface area (TPSA) is 41.3 Å². The highest BCUT2D eigenvalue weighted by Gasteiger charge is 2.25. The molecule has 94 valence electrons. The average molecular weight is 258 g/mol. The van der Waals surface area contributed by atoms with Crippen molar-refractivity contribution in [2.45, 2.75) is 12.1 Å². The Morgan fingerprint density at radius 3 is 3.06 bits per heavy atom. The van der Waals surface area contributed by atoms with Crippen molar-refractivity contribution < 1.29 is 4.39 Å². The largest absolute Gasteiger partial charge is 0.323 e. The number of rotatable bonds is 2. The number of benzene rings is 1. The highest BCUT2D eigenvalue weighted by molar-refractivity contribution is 6.30. The van der Waals surface area contributed by atoms with E-state index in [0.717, 1.165) is 19.6 Å². The highest BCUT2D eigenvalue weighted by Crippen LogP contribution is 2.23. The lowest BCUT2D eigenvalue weighted by molar-refractivity contribution is 0.218. The van der Waals surface area contributed by atoms with Crippen LogP contribution >= 0.6 is 11.6 Å². The third-order valence-corrected chi connectivity index (χ3v) is 3.39. The first-order valence-corrected chi connectivity index (χ1v) is 6.08. The Bertz CT molecular complexity index is 399. The number of likely N-dealkylation sites (N-methyl/N-ethyl adjacent to an activating group) is 1. The van der Waals surface area contributed by atoms with E-state index in [1.165, 1.54) is 12.1 Å². The minimum atomic E-state index is -0.378. The third-order valence-electron chi connectivity index (χ3n) is 3.16. The van der Waals surface area contributed by atoms with Crippen LogP contribution in [0.4, 0.5) is 4.39 Å². The fraction of sp³-hybridized carbons (Fsp3) is 0.500. The maximum atomic E-state index is 13.7. The quantitative estimate of drug-likeness (QED) is 0.841. The molecule has 17 heavy (non-hydrogen) atoms. The molecule has 2 rings (SSSR count). The van der Waals surface area contributed by atoms with Crippen molar-refractivity contribution in [1.29, 1.82) is 0 Å². The summed E-state index contributed by atoms with van der Waals surface area (Å²) in [5.41, 5.74) is 6.59. The molecule has 1 aliphatic rings. The third kappa shape index (κ3) is 2.96. The molecule has 0 radical (unpaired) electrons. The summed E-state index contributed by atoms with van der Waals surface area (Å²) < 4.78 is 13.7. The maximum Gasteiger partial charge on any atom is 0.128 e. The summed E-state index contributed by atoms with van der Waals surface area (Å²) >= 11 is 5.88. The van der Waals surface area contributed by atoms with Gasteiger partial charge in [0.15, 0.2) is 0 Å². The first-order valence-electron chi connectivity index (χ1n) is 5.70. The van der Waals surface area contributed by atoms with Crippen LogP contribution in [0.2, 0.25) is 5.02 Å². The zero-order valence-corrected chi connectivity index (χ0v) is 10.5. The van der Waals surface area contributed by atoms with Crippen LogP contribution in [0.1, 0.15) is 11.6 Å². The molecule has 0 aromatic heterocycles. The van der Waals surface area contributed by atoms with Gasteiger partial charge in [-0.15, -0.1) is 0 Å². The maximum absolute atomic E-state index is 13.7. The Hall–Kier alpha value is -0.680. The van der Waals surface area contributed by atoms with Crippen LogP contribution in [0.3, 0.4) is 0 Å². The second-order valence-electron chi connectivity index (χ2n) is 4.51.